The summed E-state index contributed by atoms with van der Waals surface area (Å²) in [6, 6.07) is 4.61. The van der Waals surface area contributed by atoms with Crippen LogP contribution in [-0.4, -0.2) is 64.1 Å². The number of benzene rings is 1. The number of rotatable bonds is 8. The van der Waals surface area contributed by atoms with Crippen molar-refractivity contribution in [1.82, 2.24) is 9.62 Å². The average Bonchev–Trinajstić information content (AvgIpc) is 2.84. The summed E-state index contributed by atoms with van der Waals surface area (Å²) in [6.45, 7) is 1.96. The number of carbonyl (C=O) groups is 2. The molecular formula is C23H34N2O7S. The molecule has 1 N–H and O–H groups in total. The number of sulfonamides is 1. The fraction of sp³-hybridized carbons (Fsp3) is 0.652. The van der Waals surface area contributed by atoms with Crippen molar-refractivity contribution in [2.45, 2.75) is 68.9 Å². The number of ether oxygens (including phenoxy) is 3. The van der Waals surface area contributed by atoms with E-state index in [1.54, 1.807) is 13.0 Å². The number of hydrogen-bond acceptors (Lipinski definition) is 7. The van der Waals surface area contributed by atoms with E-state index in [0.717, 1.165) is 25.7 Å². The highest BCUT2D eigenvalue weighted by Gasteiger charge is 2.34. The second kappa shape index (κ2) is 11.2. The molecule has 9 nitrogen and oxygen atoms in total. The standard InChI is InChI=1S/C23H34N2O7S/c1-16(22(26)24-18-7-5-4-6-8-18)32-23(27)17-11-13-25(14-12-17)33(28,29)19-9-10-20(30-2)21(15-19)31-3/h9-10,15-18H,4-8,11-14H2,1-3H3,(H,24,26). The lowest BCUT2D eigenvalue weighted by molar-refractivity contribution is -0.160. The van der Waals surface area contributed by atoms with Gasteiger partial charge < -0.3 is 19.5 Å². The summed E-state index contributed by atoms with van der Waals surface area (Å²) in [5.41, 5.74) is 0. The zero-order valence-corrected chi connectivity index (χ0v) is 20.4. The molecule has 2 fully saturated rings. The Morgan fingerprint density at radius 3 is 2.24 bits per heavy atom. The van der Waals surface area contributed by atoms with Crippen molar-refractivity contribution in [1.29, 1.82) is 0 Å². The summed E-state index contributed by atoms with van der Waals surface area (Å²) < 4.78 is 43.2. The predicted octanol–water partition coefficient (Wildman–Crippen LogP) is 2.49. The molecular weight excluding hydrogens is 448 g/mol. The molecule has 0 aromatic heterocycles. The van der Waals surface area contributed by atoms with Gasteiger partial charge in [0.15, 0.2) is 17.6 Å². The van der Waals surface area contributed by atoms with Gasteiger partial charge in [-0.25, -0.2) is 8.42 Å². The van der Waals surface area contributed by atoms with Gasteiger partial charge in [-0.2, -0.15) is 4.31 Å². The van der Waals surface area contributed by atoms with Crippen LogP contribution in [0.1, 0.15) is 51.9 Å². The lowest BCUT2D eigenvalue weighted by Crippen LogP contribution is -2.44. The van der Waals surface area contributed by atoms with Gasteiger partial charge in [0.2, 0.25) is 10.0 Å². The molecule has 0 radical (unpaired) electrons. The summed E-state index contributed by atoms with van der Waals surface area (Å²) in [4.78, 5) is 25.1. The predicted molar refractivity (Wildman–Crippen MR) is 122 cm³/mol. The molecule has 1 aromatic carbocycles. The van der Waals surface area contributed by atoms with Gasteiger partial charge in [0.1, 0.15) is 0 Å². The van der Waals surface area contributed by atoms with Crippen LogP contribution in [0.4, 0.5) is 0 Å². The molecule has 1 aliphatic carbocycles. The fourth-order valence-electron chi connectivity index (χ4n) is 4.35. The van der Waals surface area contributed by atoms with E-state index >= 15 is 0 Å². The van der Waals surface area contributed by atoms with Crippen LogP contribution >= 0.6 is 0 Å². The van der Waals surface area contributed by atoms with Crippen molar-refractivity contribution in [3.05, 3.63) is 18.2 Å². The SMILES string of the molecule is COc1ccc(S(=O)(=O)N2CCC(C(=O)OC(C)C(=O)NC3CCCCC3)CC2)cc1OC. The highest BCUT2D eigenvalue weighted by Crippen LogP contribution is 2.32. The van der Waals surface area contributed by atoms with E-state index in [9.17, 15) is 18.0 Å². The van der Waals surface area contributed by atoms with Crippen LogP contribution in [0, 0.1) is 5.92 Å². The Morgan fingerprint density at radius 2 is 1.64 bits per heavy atom. The van der Waals surface area contributed by atoms with Crippen molar-refractivity contribution in [2.24, 2.45) is 5.92 Å². The van der Waals surface area contributed by atoms with Crippen LogP contribution in [0.5, 0.6) is 11.5 Å². The first-order valence-corrected chi connectivity index (χ1v) is 12.9. The molecule has 3 rings (SSSR count). The first kappa shape index (κ1) is 25.3. The third kappa shape index (κ3) is 6.17. The van der Waals surface area contributed by atoms with Gasteiger partial charge in [0.05, 0.1) is 25.0 Å². The van der Waals surface area contributed by atoms with Crippen LogP contribution in [0.25, 0.3) is 0 Å². The summed E-state index contributed by atoms with van der Waals surface area (Å²) in [6.07, 6.45) is 5.11. The minimum absolute atomic E-state index is 0.106. The number of esters is 1. The second-order valence-electron chi connectivity index (χ2n) is 8.62. The zero-order valence-electron chi connectivity index (χ0n) is 19.5. The third-order valence-corrected chi connectivity index (χ3v) is 8.29. The molecule has 1 aliphatic heterocycles. The first-order chi connectivity index (χ1) is 15.8. The number of carbonyl (C=O) groups excluding carboxylic acids is 2. The van der Waals surface area contributed by atoms with Crippen LogP contribution in [0.3, 0.4) is 0 Å². The van der Waals surface area contributed by atoms with Crippen LogP contribution < -0.4 is 14.8 Å². The molecule has 1 atom stereocenters. The molecule has 0 bridgehead atoms. The van der Waals surface area contributed by atoms with E-state index in [2.05, 4.69) is 5.32 Å². The monoisotopic (exact) mass is 482 g/mol. The average molecular weight is 483 g/mol. The lowest BCUT2D eigenvalue weighted by atomic mass is 9.95. The Morgan fingerprint density at radius 1 is 1.00 bits per heavy atom. The van der Waals surface area contributed by atoms with Crippen molar-refractivity contribution < 1.29 is 32.2 Å². The summed E-state index contributed by atoms with van der Waals surface area (Å²) in [5, 5.41) is 2.97. The van der Waals surface area contributed by atoms with E-state index in [1.165, 1.54) is 37.1 Å². The molecule has 1 aromatic rings. The summed E-state index contributed by atoms with van der Waals surface area (Å²) >= 11 is 0. The highest BCUT2D eigenvalue weighted by atomic mass is 32.2. The number of nitrogens with zero attached hydrogens (tertiary/aromatic N) is 1. The molecule has 1 saturated carbocycles. The molecule has 0 spiro atoms. The maximum Gasteiger partial charge on any atom is 0.309 e. The van der Waals surface area contributed by atoms with Crippen molar-refractivity contribution in [3.63, 3.8) is 0 Å². The van der Waals surface area contributed by atoms with Gasteiger partial charge in [0.25, 0.3) is 5.91 Å². The Kier molecular flexibility index (Phi) is 8.58. The van der Waals surface area contributed by atoms with Crippen molar-refractivity contribution in [2.75, 3.05) is 27.3 Å². The molecule has 1 unspecified atom stereocenters. The molecule has 1 heterocycles. The van der Waals surface area contributed by atoms with Crippen LogP contribution in [-0.2, 0) is 24.3 Å². The Hall–Kier alpha value is -2.33. The number of hydrogen-bond donors (Lipinski definition) is 1. The van der Waals surface area contributed by atoms with Gasteiger partial charge in [-0.1, -0.05) is 19.3 Å². The molecule has 10 heteroatoms. The molecule has 184 valence electrons. The number of amides is 1. The van der Waals surface area contributed by atoms with Crippen molar-refractivity contribution >= 4 is 21.9 Å². The minimum atomic E-state index is -3.74. The van der Waals surface area contributed by atoms with Gasteiger partial charge in [-0.15, -0.1) is 0 Å². The number of methoxy groups -OCH3 is 2. The normalized spacial score (nSPS) is 19.5. The van der Waals surface area contributed by atoms with Crippen LogP contribution in [0.15, 0.2) is 23.1 Å². The van der Waals surface area contributed by atoms with E-state index in [-0.39, 0.29) is 29.9 Å². The topological polar surface area (TPSA) is 111 Å². The first-order valence-electron chi connectivity index (χ1n) is 11.5. The lowest BCUT2D eigenvalue weighted by Gasteiger charge is -2.31. The minimum Gasteiger partial charge on any atom is -0.493 e. The largest absolute Gasteiger partial charge is 0.493 e. The molecule has 2 aliphatic rings. The second-order valence-corrected chi connectivity index (χ2v) is 10.6. The smallest absolute Gasteiger partial charge is 0.309 e. The summed E-state index contributed by atoms with van der Waals surface area (Å²) in [5.74, 6) is -0.392. The van der Waals surface area contributed by atoms with E-state index in [4.69, 9.17) is 14.2 Å². The maximum atomic E-state index is 13.0. The zero-order chi connectivity index (χ0) is 24.0. The van der Waals surface area contributed by atoms with E-state index in [0.29, 0.717) is 24.3 Å². The van der Waals surface area contributed by atoms with Gasteiger partial charge >= 0.3 is 5.97 Å². The molecule has 1 saturated heterocycles. The fourth-order valence-corrected chi connectivity index (χ4v) is 5.83. The van der Waals surface area contributed by atoms with Gasteiger partial charge in [0, 0.05) is 25.2 Å². The van der Waals surface area contributed by atoms with Crippen LogP contribution in [0.2, 0.25) is 0 Å². The molecule has 1 amide bonds. The van der Waals surface area contributed by atoms with Gasteiger partial charge in [-0.3, -0.25) is 9.59 Å². The Balaban J connectivity index is 1.53. The maximum absolute atomic E-state index is 13.0. The van der Waals surface area contributed by atoms with E-state index < -0.39 is 28.0 Å². The number of piperidine rings is 1. The number of nitrogens with one attached hydrogen (secondary N) is 1. The van der Waals surface area contributed by atoms with Crippen molar-refractivity contribution in [3.8, 4) is 11.5 Å². The third-order valence-electron chi connectivity index (χ3n) is 6.39. The van der Waals surface area contributed by atoms with E-state index in [1.807, 2.05) is 0 Å². The molecule has 33 heavy (non-hydrogen) atoms. The van der Waals surface area contributed by atoms with Gasteiger partial charge in [-0.05, 0) is 44.7 Å². The Bertz CT molecular complexity index is 936. The highest BCUT2D eigenvalue weighted by molar-refractivity contribution is 7.89. The Labute approximate surface area is 195 Å². The summed E-state index contributed by atoms with van der Waals surface area (Å²) in [7, 11) is -0.811. The quantitative estimate of drug-likeness (QED) is 0.567.